The second-order valence-corrected chi connectivity index (χ2v) is 6.33. The molecule has 0 N–H and O–H groups in total. The maximum absolute atomic E-state index is 14.5. The normalized spacial score (nSPS) is 13.6. The number of azide groups is 1. The van der Waals surface area contributed by atoms with Crippen LogP contribution < -0.4 is 4.90 Å². The summed E-state index contributed by atoms with van der Waals surface area (Å²) in [6.45, 7) is 0.767. The summed E-state index contributed by atoms with van der Waals surface area (Å²) in [5.74, 6) is 0.421. The van der Waals surface area contributed by atoms with Crippen LogP contribution in [0.25, 0.3) is 27.1 Å². The van der Waals surface area contributed by atoms with Gasteiger partial charge >= 0.3 is 0 Å². The molecule has 0 spiro atoms. The van der Waals surface area contributed by atoms with Crippen molar-refractivity contribution in [3.8, 4) is 0 Å². The summed E-state index contributed by atoms with van der Waals surface area (Å²) in [5, 5.41) is 12.0. The van der Waals surface area contributed by atoms with Crippen LogP contribution in [0.3, 0.4) is 0 Å². The average Bonchev–Trinajstić information content (AvgIpc) is 3.17. The van der Waals surface area contributed by atoms with Crippen molar-refractivity contribution in [2.75, 3.05) is 11.4 Å². The molecule has 4 aromatic rings. The van der Waals surface area contributed by atoms with E-state index in [-0.39, 0.29) is 5.69 Å². The molecule has 1 aliphatic heterocycles. The average molecular weight is 360 g/mol. The third kappa shape index (κ3) is 2.37. The van der Waals surface area contributed by atoms with Gasteiger partial charge in [-0.1, -0.05) is 23.3 Å². The largest absolute Gasteiger partial charge is 0.325 e. The Balaban J connectivity index is 1.84. The van der Waals surface area contributed by atoms with Crippen molar-refractivity contribution in [1.29, 1.82) is 0 Å². The van der Waals surface area contributed by atoms with Crippen LogP contribution in [0.1, 0.15) is 12.0 Å². The number of hydrogen-bond acceptors (Lipinski definition) is 5. The molecule has 27 heavy (non-hydrogen) atoms. The third-order valence-electron chi connectivity index (χ3n) is 4.82. The van der Waals surface area contributed by atoms with Crippen LogP contribution in [0.2, 0.25) is 0 Å². The summed E-state index contributed by atoms with van der Waals surface area (Å²) in [6, 6.07) is 11.0. The molecule has 0 radical (unpaired) electrons. The number of aromatic nitrogens is 4. The van der Waals surface area contributed by atoms with E-state index in [1.165, 1.54) is 24.0 Å². The number of nitrogens with zero attached hydrogens (tertiary/aromatic N) is 8. The van der Waals surface area contributed by atoms with Crippen LogP contribution in [0.5, 0.6) is 0 Å². The highest BCUT2D eigenvalue weighted by Crippen LogP contribution is 2.38. The highest BCUT2D eigenvalue weighted by atomic mass is 19.1. The first-order valence-electron chi connectivity index (χ1n) is 8.50. The highest BCUT2D eigenvalue weighted by molar-refractivity contribution is 5.95. The molecular weight excluding hydrogens is 347 g/mol. The molecule has 5 rings (SSSR count). The van der Waals surface area contributed by atoms with E-state index in [0.29, 0.717) is 22.5 Å². The first-order chi connectivity index (χ1) is 13.3. The Morgan fingerprint density at radius 2 is 2.11 bits per heavy atom. The molecule has 2 aromatic carbocycles. The standard InChI is InChI=1S/C18H13FN8/c19-13-8-12-16(9-14(13)23-25-20)27-10-21-24-18(27)22-17(12)26-7-3-5-11-4-1-2-6-15(11)26/h1-2,4,6,8-10H,3,5,7H2. The van der Waals surface area contributed by atoms with Crippen LogP contribution in [0.15, 0.2) is 47.8 Å². The van der Waals surface area contributed by atoms with E-state index in [2.05, 4.69) is 36.2 Å². The number of hydrogen-bond donors (Lipinski definition) is 0. The topological polar surface area (TPSA) is 95.1 Å². The Labute approximate surface area is 152 Å². The maximum Gasteiger partial charge on any atom is 0.257 e. The molecule has 3 heterocycles. The van der Waals surface area contributed by atoms with Crippen LogP contribution in [-0.2, 0) is 6.42 Å². The summed E-state index contributed by atoms with van der Waals surface area (Å²) in [6.07, 6.45) is 3.47. The van der Waals surface area contributed by atoms with Gasteiger partial charge in [0.1, 0.15) is 18.0 Å². The molecule has 0 saturated heterocycles. The summed E-state index contributed by atoms with van der Waals surface area (Å²) < 4.78 is 16.2. The van der Waals surface area contributed by atoms with Crippen LogP contribution in [0.4, 0.5) is 21.6 Å². The van der Waals surface area contributed by atoms with Gasteiger partial charge in [0, 0.05) is 22.5 Å². The zero-order valence-corrected chi connectivity index (χ0v) is 14.1. The Hall–Kier alpha value is -3.71. The Bertz CT molecular complexity index is 1240. The summed E-state index contributed by atoms with van der Waals surface area (Å²) >= 11 is 0. The SMILES string of the molecule is [N-]=[N+]=Nc1cc2c(cc1F)c(N1CCCc3ccccc31)nc1nncn12. The van der Waals surface area contributed by atoms with Crippen molar-refractivity contribution < 1.29 is 4.39 Å². The Morgan fingerprint density at radius 1 is 1.22 bits per heavy atom. The van der Waals surface area contributed by atoms with E-state index >= 15 is 0 Å². The molecule has 0 amide bonds. The second-order valence-electron chi connectivity index (χ2n) is 6.33. The maximum atomic E-state index is 14.5. The van der Waals surface area contributed by atoms with Gasteiger partial charge in [-0.3, -0.25) is 4.40 Å². The summed E-state index contributed by atoms with van der Waals surface area (Å²) in [5.41, 5.74) is 11.5. The van der Waals surface area contributed by atoms with Gasteiger partial charge in [-0.15, -0.1) is 10.2 Å². The monoisotopic (exact) mass is 360 g/mol. The Morgan fingerprint density at radius 3 is 3.00 bits per heavy atom. The molecule has 2 aromatic heterocycles. The summed E-state index contributed by atoms with van der Waals surface area (Å²) in [7, 11) is 0. The molecule has 0 aliphatic carbocycles. The lowest BCUT2D eigenvalue weighted by Gasteiger charge is -2.31. The number of rotatable bonds is 2. The fraction of sp³-hybridized carbons (Fsp3) is 0.167. The van der Waals surface area contributed by atoms with Crippen molar-refractivity contribution >= 4 is 33.9 Å². The van der Waals surface area contributed by atoms with Crippen molar-refractivity contribution in [1.82, 2.24) is 19.6 Å². The molecule has 0 unspecified atom stereocenters. The molecule has 132 valence electrons. The number of halogens is 1. The van der Waals surface area contributed by atoms with Gasteiger partial charge in [0.05, 0.1) is 11.2 Å². The third-order valence-corrected chi connectivity index (χ3v) is 4.82. The van der Waals surface area contributed by atoms with Crippen LogP contribution in [0, 0.1) is 5.82 Å². The highest BCUT2D eigenvalue weighted by Gasteiger charge is 2.23. The first kappa shape index (κ1) is 15.5. The number of anilines is 2. The lowest BCUT2D eigenvalue weighted by molar-refractivity contribution is 0.631. The van der Waals surface area contributed by atoms with Gasteiger partial charge in [-0.25, -0.2) is 4.39 Å². The molecular formula is C18H13FN8. The summed E-state index contributed by atoms with van der Waals surface area (Å²) in [4.78, 5) is 9.44. The fourth-order valence-corrected chi connectivity index (χ4v) is 3.64. The van der Waals surface area contributed by atoms with Crippen molar-refractivity contribution in [3.05, 3.63) is 64.5 Å². The predicted molar refractivity (Wildman–Crippen MR) is 98.8 cm³/mol. The molecule has 1 aliphatic rings. The van der Waals surface area contributed by atoms with Gasteiger partial charge in [-0.2, -0.15) is 4.98 Å². The predicted octanol–water partition coefficient (Wildman–Crippen LogP) is 4.44. The molecule has 0 bridgehead atoms. The quantitative estimate of drug-likeness (QED) is 0.300. The minimum atomic E-state index is -0.596. The van der Waals surface area contributed by atoms with E-state index in [0.717, 1.165) is 25.1 Å². The van der Waals surface area contributed by atoms with Crippen LogP contribution >= 0.6 is 0 Å². The minimum absolute atomic E-state index is 0.0730. The van der Waals surface area contributed by atoms with Crippen molar-refractivity contribution in [3.63, 3.8) is 0 Å². The van der Waals surface area contributed by atoms with E-state index < -0.39 is 5.82 Å². The van der Waals surface area contributed by atoms with E-state index in [1.807, 2.05) is 18.2 Å². The zero-order valence-electron chi connectivity index (χ0n) is 14.1. The van der Waals surface area contributed by atoms with Crippen LogP contribution in [-0.4, -0.2) is 26.1 Å². The smallest absolute Gasteiger partial charge is 0.257 e. The first-order valence-corrected chi connectivity index (χ1v) is 8.50. The zero-order chi connectivity index (χ0) is 18.4. The van der Waals surface area contributed by atoms with Gasteiger partial charge < -0.3 is 4.90 Å². The van der Waals surface area contributed by atoms with Gasteiger partial charge in [-0.05, 0) is 42.1 Å². The second kappa shape index (κ2) is 5.93. The molecule has 9 heteroatoms. The molecule has 0 saturated carbocycles. The van der Waals surface area contributed by atoms with Crippen molar-refractivity contribution in [2.24, 2.45) is 5.11 Å². The molecule has 0 atom stereocenters. The van der Waals surface area contributed by atoms with Gasteiger partial charge in [0.2, 0.25) is 0 Å². The molecule has 0 fully saturated rings. The lowest BCUT2D eigenvalue weighted by Crippen LogP contribution is -2.25. The Kier molecular flexibility index (Phi) is 3.41. The fourth-order valence-electron chi connectivity index (χ4n) is 3.64. The minimum Gasteiger partial charge on any atom is -0.325 e. The van der Waals surface area contributed by atoms with E-state index in [4.69, 9.17) is 5.53 Å². The van der Waals surface area contributed by atoms with E-state index in [9.17, 15) is 4.39 Å². The molecule has 8 nitrogen and oxygen atoms in total. The number of aryl methyl sites for hydroxylation is 1. The van der Waals surface area contributed by atoms with Gasteiger partial charge in [0.15, 0.2) is 0 Å². The number of para-hydroxylation sites is 1. The lowest BCUT2D eigenvalue weighted by atomic mass is 10.0. The number of benzene rings is 2. The van der Waals surface area contributed by atoms with Gasteiger partial charge in [0.25, 0.3) is 5.78 Å². The number of fused-ring (bicyclic) bond motifs is 4. The van der Waals surface area contributed by atoms with E-state index in [1.54, 1.807) is 4.40 Å². The van der Waals surface area contributed by atoms with Crippen molar-refractivity contribution in [2.45, 2.75) is 12.8 Å².